The first-order chi connectivity index (χ1) is 9.62. The Balaban J connectivity index is 2.17. The van der Waals surface area contributed by atoms with Crippen molar-refractivity contribution in [2.75, 3.05) is 18.8 Å². The monoisotopic (exact) mass is 331 g/mol. The summed E-state index contributed by atoms with van der Waals surface area (Å²) in [5.74, 6) is 0.680. The lowest BCUT2D eigenvalue weighted by Gasteiger charge is -2.38. The van der Waals surface area contributed by atoms with Gasteiger partial charge in [0.25, 0.3) is 0 Å². The van der Waals surface area contributed by atoms with E-state index >= 15 is 0 Å². The quantitative estimate of drug-likeness (QED) is 0.904. The normalized spacial score (nSPS) is 18.9. The van der Waals surface area contributed by atoms with Gasteiger partial charge in [0.15, 0.2) is 0 Å². The van der Waals surface area contributed by atoms with Crippen LogP contribution in [0.25, 0.3) is 0 Å². The Labute approximate surface area is 131 Å². The van der Waals surface area contributed by atoms with Gasteiger partial charge in [-0.2, -0.15) is 4.31 Å². The number of rotatable bonds is 2. The maximum atomic E-state index is 12.6. The zero-order valence-corrected chi connectivity index (χ0v) is 14.2. The van der Waals surface area contributed by atoms with Gasteiger partial charge in [0.2, 0.25) is 10.0 Å². The van der Waals surface area contributed by atoms with Gasteiger partial charge < -0.3 is 5.73 Å². The molecule has 2 N–H and O–H groups in total. The van der Waals surface area contributed by atoms with Crippen molar-refractivity contribution < 1.29 is 8.42 Å². The van der Waals surface area contributed by atoms with Crippen LogP contribution in [-0.4, -0.2) is 30.8 Å². The lowest BCUT2D eigenvalue weighted by molar-refractivity contribution is 0.154. The van der Waals surface area contributed by atoms with Gasteiger partial charge in [0.1, 0.15) is 10.7 Å². The van der Waals surface area contributed by atoms with Gasteiger partial charge in [-0.05, 0) is 30.2 Å². The molecule has 0 atom stereocenters. The molecule has 1 saturated heterocycles. The molecule has 118 valence electrons. The molecule has 5 nitrogen and oxygen atoms in total. The van der Waals surface area contributed by atoms with Gasteiger partial charge >= 0.3 is 0 Å². The Hall–Kier alpha value is -0.850. The van der Waals surface area contributed by atoms with E-state index in [0.29, 0.717) is 19.0 Å². The molecule has 0 unspecified atom stereocenters. The maximum absolute atomic E-state index is 12.6. The second kappa shape index (κ2) is 5.74. The third-order valence-corrected chi connectivity index (χ3v) is 6.33. The molecular formula is C14H22ClN3O2S. The molecule has 1 aliphatic heterocycles. The highest BCUT2D eigenvalue weighted by Gasteiger charge is 2.34. The number of piperidine rings is 1. The van der Waals surface area contributed by atoms with Crippen LogP contribution in [0.1, 0.15) is 33.6 Å². The zero-order chi connectivity index (χ0) is 15.8. The molecule has 0 aliphatic carbocycles. The summed E-state index contributed by atoms with van der Waals surface area (Å²) < 4.78 is 26.7. The van der Waals surface area contributed by atoms with Crippen molar-refractivity contribution in [2.45, 2.75) is 38.5 Å². The molecule has 2 heterocycles. The van der Waals surface area contributed by atoms with Crippen LogP contribution in [0.15, 0.2) is 17.2 Å². The molecule has 1 fully saturated rings. The third kappa shape index (κ3) is 3.49. The molecule has 0 radical (unpaired) electrons. The number of nitrogen functional groups attached to an aromatic ring is 1. The molecule has 0 saturated carbocycles. The summed E-state index contributed by atoms with van der Waals surface area (Å²) in [6.45, 7) is 7.67. The molecule has 1 aromatic rings. The maximum Gasteiger partial charge on any atom is 0.244 e. The van der Waals surface area contributed by atoms with Gasteiger partial charge in [0.05, 0.1) is 5.02 Å². The van der Waals surface area contributed by atoms with Crippen LogP contribution >= 0.6 is 11.6 Å². The molecule has 0 amide bonds. The Morgan fingerprint density at radius 2 is 1.90 bits per heavy atom. The van der Waals surface area contributed by atoms with Crippen molar-refractivity contribution in [3.8, 4) is 0 Å². The van der Waals surface area contributed by atoms with Crippen molar-refractivity contribution in [1.82, 2.24) is 9.29 Å². The second-order valence-electron chi connectivity index (χ2n) is 6.58. The molecule has 0 aromatic carbocycles. The average Bonchev–Trinajstić information content (AvgIpc) is 2.41. The van der Waals surface area contributed by atoms with E-state index < -0.39 is 10.0 Å². The van der Waals surface area contributed by atoms with Gasteiger partial charge in [-0.15, -0.1) is 0 Å². The van der Waals surface area contributed by atoms with Gasteiger partial charge in [-0.25, -0.2) is 13.4 Å². The third-order valence-electron chi connectivity index (χ3n) is 4.16. The highest BCUT2D eigenvalue weighted by molar-refractivity contribution is 7.89. The van der Waals surface area contributed by atoms with Crippen molar-refractivity contribution in [2.24, 2.45) is 11.3 Å². The highest BCUT2D eigenvalue weighted by Crippen LogP contribution is 2.35. The summed E-state index contributed by atoms with van der Waals surface area (Å²) in [6.07, 6.45) is 3.02. The number of anilines is 1. The molecule has 1 aromatic heterocycles. The van der Waals surface area contributed by atoms with Crippen LogP contribution < -0.4 is 5.73 Å². The van der Waals surface area contributed by atoms with E-state index in [2.05, 4.69) is 25.8 Å². The smallest absolute Gasteiger partial charge is 0.244 e. The lowest BCUT2D eigenvalue weighted by Crippen LogP contribution is -2.41. The van der Waals surface area contributed by atoms with Crippen molar-refractivity contribution in [1.29, 1.82) is 0 Å². The second-order valence-corrected chi connectivity index (χ2v) is 8.93. The van der Waals surface area contributed by atoms with Crippen LogP contribution in [0.3, 0.4) is 0 Å². The molecule has 0 spiro atoms. The summed E-state index contributed by atoms with van der Waals surface area (Å²) in [5.41, 5.74) is 5.74. The fraction of sp³-hybridized carbons (Fsp3) is 0.643. The standard InChI is InChI=1S/C14H22ClN3O2S/c1-14(2,3)10-4-6-18(7-5-10)21(19,20)11-8-12(15)13(16)17-9-11/h8-10H,4-7H2,1-3H3,(H2,16,17). The first kappa shape index (κ1) is 16.5. The molecule has 21 heavy (non-hydrogen) atoms. The molecule has 1 aliphatic rings. The van der Waals surface area contributed by atoms with Gasteiger partial charge in [-0.1, -0.05) is 32.4 Å². The first-order valence-electron chi connectivity index (χ1n) is 7.03. The van der Waals surface area contributed by atoms with E-state index in [1.54, 1.807) is 0 Å². The Morgan fingerprint density at radius 3 is 2.38 bits per heavy atom. The van der Waals surface area contributed by atoms with E-state index in [1.807, 2.05) is 0 Å². The Morgan fingerprint density at radius 1 is 1.33 bits per heavy atom. The van der Waals surface area contributed by atoms with Crippen LogP contribution in [0.4, 0.5) is 5.82 Å². The number of pyridine rings is 1. The fourth-order valence-electron chi connectivity index (χ4n) is 2.68. The number of sulfonamides is 1. The largest absolute Gasteiger partial charge is 0.382 e. The molecular weight excluding hydrogens is 310 g/mol. The van der Waals surface area contributed by atoms with E-state index in [9.17, 15) is 8.42 Å². The topological polar surface area (TPSA) is 76.3 Å². The molecule has 0 bridgehead atoms. The van der Waals surface area contributed by atoms with E-state index in [0.717, 1.165) is 12.8 Å². The van der Waals surface area contributed by atoms with Crippen LogP contribution in [-0.2, 0) is 10.0 Å². The van der Waals surface area contributed by atoms with E-state index in [4.69, 9.17) is 17.3 Å². The number of hydrogen-bond donors (Lipinski definition) is 1. The minimum atomic E-state index is -3.54. The fourth-order valence-corrected chi connectivity index (χ4v) is 4.36. The van der Waals surface area contributed by atoms with Gasteiger partial charge in [-0.3, -0.25) is 0 Å². The Bertz CT molecular complexity index is 618. The number of nitrogens with two attached hydrogens (primary N) is 1. The summed E-state index contributed by atoms with van der Waals surface area (Å²) in [4.78, 5) is 3.94. The zero-order valence-electron chi connectivity index (χ0n) is 12.6. The van der Waals surface area contributed by atoms with Crippen LogP contribution in [0, 0.1) is 11.3 Å². The Kier molecular flexibility index (Phi) is 4.52. The predicted molar refractivity (Wildman–Crippen MR) is 84.6 cm³/mol. The van der Waals surface area contributed by atoms with E-state index in [1.165, 1.54) is 16.6 Å². The summed E-state index contributed by atoms with van der Waals surface area (Å²) >= 11 is 5.87. The number of aromatic nitrogens is 1. The molecule has 2 rings (SSSR count). The van der Waals surface area contributed by atoms with Gasteiger partial charge in [0, 0.05) is 19.3 Å². The average molecular weight is 332 g/mol. The minimum Gasteiger partial charge on any atom is -0.382 e. The number of halogens is 1. The highest BCUT2D eigenvalue weighted by atomic mass is 35.5. The van der Waals surface area contributed by atoms with Crippen LogP contribution in [0.2, 0.25) is 5.02 Å². The van der Waals surface area contributed by atoms with Crippen LogP contribution in [0.5, 0.6) is 0 Å². The van der Waals surface area contributed by atoms with Crippen molar-refractivity contribution in [3.05, 3.63) is 17.3 Å². The first-order valence-corrected chi connectivity index (χ1v) is 8.85. The summed E-state index contributed by atoms with van der Waals surface area (Å²) in [7, 11) is -3.54. The SMILES string of the molecule is CC(C)(C)C1CCN(S(=O)(=O)c2cnc(N)c(Cl)c2)CC1. The van der Waals surface area contributed by atoms with Crippen molar-refractivity contribution >= 4 is 27.4 Å². The molecule has 7 heteroatoms. The van der Waals surface area contributed by atoms with Crippen molar-refractivity contribution in [3.63, 3.8) is 0 Å². The summed E-state index contributed by atoms with van der Waals surface area (Å²) in [5, 5.41) is 0.167. The minimum absolute atomic E-state index is 0.107. The van der Waals surface area contributed by atoms with E-state index in [-0.39, 0.29) is 21.2 Å². The summed E-state index contributed by atoms with van der Waals surface area (Å²) in [6, 6.07) is 1.37. The number of hydrogen-bond acceptors (Lipinski definition) is 4. The number of nitrogens with zero attached hydrogens (tertiary/aromatic N) is 2. The lowest BCUT2D eigenvalue weighted by atomic mass is 9.76. The predicted octanol–water partition coefficient (Wildman–Crippen LogP) is 2.76.